The summed E-state index contributed by atoms with van der Waals surface area (Å²) < 4.78 is 67.8. The maximum Gasteiger partial charge on any atom is 0.472 e. The van der Waals surface area contributed by atoms with E-state index in [4.69, 9.17) is 37.0 Å². The molecule has 0 aliphatic rings. The number of aliphatic hydroxyl groups excluding tert-OH is 1. The van der Waals surface area contributed by atoms with Gasteiger partial charge in [0.25, 0.3) is 0 Å². The van der Waals surface area contributed by atoms with Gasteiger partial charge in [0, 0.05) is 25.7 Å². The number of hydrogen-bond donors (Lipinski definition) is 3. The number of ether oxygens (including phenoxy) is 4. The highest BCUT2D eigenvalue weighted by atomic mass is 31.2. The van der Waals surface area contributed by atoms with Crippen LogP contribution in [-0.2, 0) is 65.4 Å². The van der Waals surface area contributed by atoms with Gasteiger partial charge in [-0.25, -0.2) is 9.13 Å². The Morgan fingerprint density at radius 2 is 0.482 bits per heavy atom. The first-order valence-electron chi connectivity index (χ1n) is 33.8. The molecule has 19 heteroatoms. The molecule has 492 valence electrons. The van der Waals surface area contributed by atoms with E-state index in [1.54, 1.807) is 0 Å². The van der Waals surface area contributed by atoms with Gasteiger partial charge in [-0.15, -0.1) is 0 Å². The third-order valence-corrected chi connectivity index (χ3v) is 16.8. The van der Waals surface area contributed by atoms with Crippen molar-refractivity contribution in [3.63, 3.8) is 0 Å². The third kappa shape index (κ3) is 58.8. The molecule has 3 N–H and O–H groups in total. The quantitative estimate of drug-likeness (QED) is 0.0222. The molecule has 0 amide bonds. The van der Waals surface area contributed by atoms with E-state index in [1.165, 1.54) is 135 Å². The van der Waals surface area contributed by atoms with Crippen LogP contribution in [0.3, 0.4) is 0 Å². The lowest BCUT2D eigenvalue weighted by Gasteiger charge is -2.21. The molecule has 0 saturated carbocycles. The smallest absolute Gasteiger partial charge is 0.462 e. The maximum atomic E-state index is 13.0. The summed E-state index contributed by atoms with van der Waals surface area (Å²) in [6.45, 7) is 4.82. The molecule has 0 aromatic carbocycles. The van der Waals surface area contributed by atoms with Crippen molar-refractivity contribution in [2.45, 2.75) is 348 Å². The lowest BCUT2D eigenvalue weighted by Crippen LogP contribution is -2.30. The molecule has 0 aliphatic carbocycles. The van der Waals surface area contributed by atoms with E-state index in [2.05, 4.69) is 27.7 Å². The van der Waals surface area contributed by atoms with Crippen LogP contribution in [0.5, 0.6) is 0 Å². The number of esters is 4. The van der Waals surface area contributed by atoms with Crippen molar-refractivity contribution in [1.82, 2.24) is 0 Å². The van der Waals surface area contributed by atoms with Crippen molar-refractivity contribution >= 4 is 39.5 Å². The Bertz CT molecular complexity index is 1600. The molecule has 0 saturated heterocycles. The molecule has 0 aromatic heterocycles. The average molecular weight is 1230 g/mol. The molecule has 0 heterocycles. The Kier molecular flexibility index (Phi) is 57.7. The van der Waals surface area contributed by atoms with E-state index < -0.39 is 97.5 Å². The summed E-state index contributed by atoms with van der Waals surface area (Å²) >= 11 is 0. The molecule has 0 aliphatic heterocycles. The lowest BCUT2D eigenvalue weighted by molar-refractivity contribution is -0.161. The number of phosphoric acid groups is 2. The topological polar surface area (TPSA) is 237 Å². The van der Waals surface area contributed by atoms with E-state index in [0.717, 1.165) is 116 Å². The highest BCUT2D eigenvalue weighted by molar-refractivity contribution is 7.47. The van der Waals surface area contributed by atoms with Crippen molar-refractivity contribution < 1.29 is 80.2 Å². The zero-order chi connectivity index (χ0) is 61.2. The number of hydrogen-bond acceptors (Lipinski definition) is 15. The minimum absolute atomic E-state index is 0.104. The van der Waals surface area contributed by atoms with Gasteiger partial charge < -0.3 is 33.8 Å². The van der Waals surface area contributed by atoms with Gasteiger partial charge in [-0.2, -0.15) is 0 Å². The number of carbonyl (C=O) groups is 4. The number of phosphoric ester groups is 2. The molecule has 0 aromatic rings. The lowest BCUT2D eigenvalue weighted by atomic mass is 10.0. The second-order valence-corrected chi connectivity index (χ2v) is 26.1. The standard InChI is InChI=1S/C64H124O17P2/c1-5-9-13-17-21-23-25-27-28-29-30-31-33-35-39-43-47-51-64(69)81-60(55-75-62(67)49-45-41-38-34-32-26-24-22-18-14-10-6-2)57-79-83(72,73)77-53-58(65)52-76-82(70,71)78-56-59(80-63(68)50-46-42-37-20-16-12-8-4)54-74-61(66)48-44-40-36-19-15-11-7-3/h58-60,65H,5-57H2,1-4H3,(H,70,71)(H,72,73)/t58-,59+,60+/m0/s1. The maximum absolute atomic E-state index is 13.0. The van der Waals surface area contributed by atoms with Crippen LogP contribution in [0.15, 0.2) is 0 Å². The van der Waals surface area contributed by atoms with Gasteiger partial charge in [0.15, 0.2) is 12.2 Å². The second-order valence-electron chi connectivity index (χ2n) is 23.2. The fraction of sp³-hybridized carbons (Fsp3) is 0.938. The molecule has 0 fully saturated rings. The molecule has 17 nitrogen and oxygen atoms in total. The van der Waals surface area contributed by atoms with Crippen LogP contribution in [0, 0.1) is 0 Å². The third-order valence-electron chi connectivity index (χ3n) is 14.9. The van der Waals surface area contributed by atoms with Crippen molar-refractivity contribution in [3.8, 4) is 0 Å². The summed E-state index contributed by atoms with van der Waals surface area (Å²) in [7, 11) is -9.87. The zero-order valence-electron chi connectivity index (χ0n) is 53.2. The van der Waals surface area contributed by atoms with Crippen LogP contribution in [0.4, 0.5) is 0 Å². The van der Waals surface area contributed by atoms with Crippen molar-refractivity contribution in [1.29, 1.82) is 0 Å². The Labute approximate surface area is 505 Å². The monoisotopic (exact) mass is 1230 g/mol. The van der Waals surface area contributed by atoms with Crippen molar-refractivity contribution in [3.05, 3.63) is 0 Å². The SMILES string of the molecule is CCCCCCCCCCCCCCCCCCCC(=O)O[C@H](COC(=O)CCCCCCCCCCCCCC)COP(=O)(O)OC[C@@H](O)COP(=O)(O)OC[C@@H](COC(=O)CCCCCCCCC)OC(=O)CCCCCCCCC. The minimum atomic E-state index is -4.94. The molecule has 0 rings (SSSR count). The number of unbranched alkanes of at least 4 members (excludes halogenated alkanes) is 39. The highest BCUT2D eigenvalue weighted by Gasteiger charge is 2.30. The summed E-state index contributed by atoms with van der Waals surface area (Å²) in [5, 5.41) is 10.5. The second kappa shape index (κ2) is 59.0. The van der Waals surface area contributed by atoms with E-state index >= 15 is 0 Å². The summed E-state index contributed by atoms with van der Waals surface area (Å²) in [5.74, 6) is -2.14. The predicted molar refractivity (Wildman–Crippen MR) is 331 cm³/mol. The van der Waals surface area contributed by atoms with Crippen LogP contribution in [0.1, 0.15) is 329 Å². The van der Waals surface area contributed by atoms with Gasteiger partial charge >= 0.3 is 39.5 Å². The van der Waals surface area contributed by atoms with E-state index in [1.807, 2.05) is 0 Å². The van der Waals surface area contributed by atoms with Gasteiger partial charge in [0.05, 0.1) is 26.4 Å². The van der Waals surface area contributed by atoms with Crippen molar-refractivity contribution in [2.75, 3.05) is 39.6 Å². The first-order valence-corrected chi connectivity index (χ1v) is 36.8. The van der Waals surface area contributed by atoms with Gasteiger partial charge in [-0.05, 0) is 25.7 Å². The molecular weight excluding hydrogens is 1100 g/mol. The Hall–Kier alpha value is -1.94. The zero-order valence-corrected chi connectivity index (χ0v) is 54.9. The Balaban J connectivity index is 5.15. The Morgan fingerprint density at radius 3 is 0.711 bits per heavy atom. The summed E-state index contributed by atoms with van der Waals surface area (Å²) in [4.78, 5) is 72.0. The number of rotatable bonds is 65. The normalized spacial score (nSPS) is 14.2. The summed E-state index contributed by atoms with van der Waals surface area (Å²) in [6, 6.07) is 0. The average Bonchev–Trinajstić information content (AvgIpc) is 3.46. The molecule has 2 unspecified atom stereocenters. The number of aliphatic hydroxyl groups is 1. The summed E-state index contributed by atoms with van der Waals surface area (Å²) in [5.41, 5.74) is 0. The molecule has 0 bridgehead atoms. The predicted octanol–water partition coefficient (Wildman–Crippen LogP) is 17.9. The minimum Gasteiger partial charge on any atom is -0.462 e. The fourth-order valence-electron chi connectivity index (χ4n) is 9.63. The first kappa shape index (κ1) is 81.1. The van der Waals surface area contributed by atoms with Gasteiger partial charge in [-0.1, -0.05) is 278 Å². The molecular formula is C64H124O17P2. The van der Waals surface area contributed by atoms with Gasteiger partial charge in [0.1, 0.15) is 19.3 Å². The fourth-order valence-corrected chi connectivity index (χ4v) is 11.2. The van der Waals surface area contributed by atoms with E-state index in [-0.39, 0.29) is 25.7 Å². The van der Waals surface area contributed by atoms with Crippen LogP contribution >= 0.6 is 15.6 Å². The molecule has 5 atom stereocenters. The number of carbonyl (C=O) groups excluding carboxylic acids is 4. The van der Waals surface area contributed by atoms with E-state index in [9.17, 15) is 43.2 Å². The first-order chi connectivity index (χ1) is 40.2. The van der Waals surface area contributed by atoms with Gasteiger partial charge in [0.2, 0.25) is 0 Å². The van der Waals surface area contributed by atoms with E-state index in [0.29, 0.717) is 25.7 Å². The van der Waals surface area contributed by atoms with Crippen LogP contribution < -0.4 is 0 Å². The van der Waals surface area contributed by atoms with Gasteiger partial charge in [-0.3, -0.25) is 37.3 Å². The summed E-state index contributed by atoms with van der Waals surface area (Å²) in [6.07, 6.45) is 44.7. The highest BCUT2D eigenvalue weighted by Crippen LogP contribution is 2.45. The molecule has 83 heavy (non-hydrogen) atoms. The van der Waals surface area contributed by atoms with Crippen LogP contribution in [0.25, 0.3) is 0 Å². The van der Waals surface area contributed by atoms with Crippen LogP contribution in [-0.4, -0.2) is 96.7 Å². The van der Waals surface area contributed by atoms with Crippen LogP contribution in [0.2, 0.25) is 0 Å². The Morgan fingerprint density at radius 1 is 0.289 bits per heavy atom. The molecule has 0 radical (unpaired) electrons. The largest absolute Gasteiger partial charge is 0.472 e. The molecule has 0 spiro atoms. The van der Waals surface area contributed by atoms with Crippen molar-refractivity contribution in [2.24, 2.45) is 0 Å².